The van der Waals surface area contributed by atoms with E-state index in [1.165, 1.54) is 6.42 Å². The first-order valence-electron chi connectivity index (χ1n) is 6.48. The Kier molecular flexibility index (Phi) is 5.77. The molecule has 0 radical (unpaired) electrons. The summed E-state index contributed by atoms with van der Waals surface area (Å²) in [6.45, 7) is 11.1. The van der Waals surface area contributed by atoms with E-state index in [1.54, 1.807) is 0 Å². The molecule has 1 heterocycles. The number of likely N-dealkylation sites (N-methyl/N-ethyl adjacent to an activating group) is 1. The molecule has 1 aliphatic rings. The molecule has 0 aromatic rings. The fourth-order valence-electron chi connectivity index (χ4n) is 2.23. The molecular weight excluding hydrogens is 202 g/mol. The molecule has 1 aliphatic heterocycles. The Morgan fingerprint density at radius 3 is 2.69 bits per heavy atom. The predicted molar refractivity (Wildman–Crippen MR) is 66.2 cm³/mol. The summed E-state index contributed by atoms with van der Waals surface area (Å²) in [4.78, 5) is 16.0. The van der Waals surface area contributed by atoms with Gasteiger partial charge >= 0.3 is 0 Å². The SMILES string of the molecule is CCCN(CC)CCN1C(=O)CNC1CC. The number of nitrogens with zero attached hydrogens (tertiary/aromatic N) is 2. The monoisotopic (exact) mass is 227 g/mol. The summed E-state index contributed by atoms with van der Waals surface area (Å²) in [6.07, 6.45) is 2.43. The van der Waals surface area contributed by atoms with Crippen molar-refractivity contribution in [3.05, 3.63) is 0 Å². The van der Waals surface area contributed by atoms with Gasteiger partial charge in [-0.1, -0.05) is 20.8 Å². The van der Waals surface area contributed by atoms with Crippen molar-refractivity contribution in [2.45, 2.75) is 39.8 Å². The van der Waals surface area contributed by atoms with Crippen molar-refractivity contribution in [3.8, 4) is 0 Å². The first-order chi connectivity index (χ1) is 7.72. The molecule has 1 atom stereocenters. The summed E-state index contributed by atoms with van der Waals surface area (Å²) in [5, 5.41) is 3.24. The molecule has 4 heteroatoms. The molecule has 0 saturated carbocycles. The Labute approximate surface area is 99.0 Å². The molecule has 1 N–H and O–H groups in total. The fourth-order valence-corrected chi connectivity index (χ4v) is 2.23. The summed E-state index contributed by atoms with van der Waals surface area (Å²) < 4.78 is 0. The quantitative estimate of drug-likeness (QED) is 0.701. The van der Waals surface area contributed by atoms with E-state index in [9.17, 15) is 4.79 Å². The van der Waals surface area contributed by atoms with Crippen molar-refractivity contribution in [1.29, 1.82) is 0 Å². The van der Waals surface area contributed by atoms with Crippen molar-refractivity contribution in [2.75, 3.05) is 32.7 Å². The van der Waals surface area contributed by atoms with E-state index in [1.807, 2.05) is 4.90 Å². The average Bonchev–Trinajstić information content (AvgIpc) is 2.65. The Morgan fingerprint density at radius 1 is 1.38 bits per heavy atom. The van der Waals surface area contributed by atoms with Gasteiger partial charge in [0.25, 0.3) is 0 Å². The zero-order valence-electron chi connectivity index (χ0n) is 10.8. The fraction of sp³-hybridized carbons (Fsp3) is 0.917. The van der Waals surface area contributed by atoms with Gasteiger partial charge in [0.15, 0.2) is 0 Å². The van der Waals surface area contributed by atoms with Crippen LogP contribution in [0.2, 0.25) is 0 Å². The van der Waals surface area contributed by atoms with E-state index in [-0.39, 0.29) is 12.1 Å². The lowest BCUT2D eigenvalue weighted by molar-refractivity contribution is -0.128. The third kappa shape index (κ3) is 3.46. The van der Waals surface area contributed by atoms with E-state index >= 15 is 0 Å². The number of carbonyl (C=O) groups excluding carboxylic acids is 1. The molecule has 0 spiro atoms. The largest absolute Gasteiger partial charge is 0.325 e. The highest BCUT2D eigenvalue weighted by Gasteiger charge is 2.28. The van der Waals surface area contributed by atoms with E-state index in [0.717, 1.165) is 32.6 Å². The summed E-state index contributed by atoms with van der Waals surface area (Å²) in [5.41, 5.74) is 0. The highest BCUT2D eigenvalue weighted by molar-refractivity contribution is 5.80. The molecule has 4 nitrogen and oxygen atoms in total. The Bertz CT molecular complexity index is 220. The smallest absolute Gasteiger partial charge is 0.237 e. The maximum atomic E-state index is 11.6. The lowest BCUT2D eigenvalue weighted by Crippen LogP contribution is -2.42. The summed E-state index contributed by atoms with van der Waals surface area (Å²) in [6, 6.07) is 0. The van der Waals surface area contributed by atoms with Crippen LogP contribution >= 0.6 is 0 Å². The predicted octanol–water partition coefficient (Wildman–Crippen LogP) is 0.886. The topological polar surface area (TPSA) is 35.6 Å². The van der Waals surface area contributed by atoms with Crippen LogP contribution in [0.3, 0.4) is 0 Å². The van der Waals surface area contributed by atoms with E-state index in [4.69, 9.17) is 0 Å². The zero-order chi connectivity index (χ0) is 12.0. The standard InChI is InChI=1S/C12H25N3O/c1-4-7-14(6-3)8-9-15-11(5-2)13-10-12(15)16/h11,13H,4-10H2,1-3H3. The van der Waals surface area contributed by atoms with Crippen LogP contribution in [0.15, 0.2) is 0 Å². The second-order valence-electron chi connectivity index (χ2n) is 4.33. The van der Waals surface area contributed by atoms with Crippen LogP contribution < -0.4 is 5.32 Å². The Hall–Kier alpha value is -0.610. The first-order valence-corrected chi connectivity index (χ1v) is 6.48. The van der Waals surface area contributed by atoms with Gasteiger partial charge in [0.2, 0.25) is 5.91 Å². The molecule has 0 aromatic carbocycles. The van der Waals surface area contributed by atoms with Crippen LogP contribution in [0.4, 0.5) is 0 Å². The minimum absolute atomic E-state index is 0.249. The third-order valence-electron chi connectivity index (χ3n) is 3.22. The third-order valence-corrected chi connectivity index (χ3v) is 3.22. The number of hydrogen-bond donors (Lipinski definition) is 1. The summed E-state index contributed by atoms with van der Waals surface area (Å²) in [7, 11) is 0. The van der Waals surface area contributed by atoms with Crippen LogP contribution in [0.1, 0.15) is 33.6 Å². The van der Waals surface area contributed by atoms with Gasteiger partial charge in [-0.25, -0.2) is 0 Å². The minimum Gasteiger partial charge on any atom is -0.325 e. The van der Waals surface area contributed by atoms with Crippen LogP contribution in [0, 0.1) is 0 Å². The molecule has 0 bridgehead atoms. The Morgan fingerprint density at radius 2 is 2.12 bits per heavy atom. The lowest BCUT2D eigenvalue weighted by atomic mass is 10.3. The van der Waals surface area contributed by atoms with Gasteiger partial charge in [0.1, 0.15) is 0 Å². The van der Waals surface area contributed by atoms with Gasteiger partial charge in [-0.3, -0.25) is 10.1 Å². The summed E-state index contributed by atoms with van der Waals surface area (Å²) >= 11 is 0. The second kappa shape index (κ2) is 6.86. The van der Waals surface area contributed by atoms with Gasteiger partial charge < -0.3 is 9.80 Å². The molecule has 94 valence electrons. The van der Waals surface area contributed by atoms with E-state index < -0.39 is 0 Å². The van der Waals surface area contributed by atoms with Crippen molar-refractivity contribution < 1.29 is 4.79 Å². The lowest BCUT2D eigenvalue weighted by Gasteiger charge is -2.27. The molecule has 1 unspecified atom stereocenters. The van der Waals surface area contributed by atoms with Crippen LogP contribution in [-0.2, 0) is 4.79 Å². The molecule has 1 saturated heterocycles. The van der Waals surface area contributed by atoms with E-state index in [2.05, 4.69) is 31.0 Å². The summed E-state index contributed by atoms with van der Waals surface area (Å²) in [5.74, 6) is 0.249. The molecule has 0 aromatic heterocycles. The van der Waals surface area contributed by atoms with Crippen LogP contribution in [0.25, 0.3) is 0 Å². The van der Waals surface area contributed by atoms with Gasteiger partial charge in [0, 0.05) is 13.1 Å². The normalized spacial score (nSPS) is 21.1. The Balaban J connectivity index is 2.37. The average molecular weight is 227 g/mol. The van der Waals surface area contributed by atoms with Crippen LogP contribution in [0.5, 0.6) is 0 Å². The van der Waals surface area contributed by atoms with Gasteiger partial charge in [-0.05, 0) is 25.9 Å². The van der Waals surface area contributed by atoms with Crippen LogP contribution in [-0.4, -0.2) is 54.6 Å². The van der Waals surface area contributed by atoms with Gasteiger partial charge in [0.05, 0.1) is 12.7 Å². The number of hydrogen-bond acceptors (Lipinski definition) is 3. The maximum absolute atomic E-state index is 11.6. The number of amides is 1. The molecular formula is C12H25N3O. The first kappa shape index (κ1) is 13.5. The van der Waals surface area contributed by atoms with Crippen molar-refractivity contribution in [2.24, 2.45) is 0 Å². The van der Waals surface area contributed by atoms with Crippen molar-refractivity contribution in [1.82, 2.24) is 15.1 Å². The molecule has 16 heavy (non-hydrogen) atoms. The van der Waals surface area contributed by atoms with Gasteiger partial charge in [-0.15, -0.1) is 0 Å². The number of carbonyl (C=O) groups is 1. The highest BCUT2D eigenvalue weighted by atomic mass is 16.2. The molecule has 0 aliphatic carbocycles. The number of rotatable bonds is 7. The number of nitrogens with one attached hydrogen (secondary N) is 1. The molecule has 1 rings (SSSR count). The zero-order valence-corrected chi connectivity index (χ0v) is 10.8. The minimum atomic E-state index is 0.249. The van der Waals surface area contributed by atoms with Crippen molar-refractivity contribution >= 4 is 5.91 Å². The maximum Gasteiger partial charge on any atom is 0.237 e. The van der Waals surface area contributed by atoms with E-state index in [0.29, 0.717) is 6.54 Å². The highest BCUT2D eigenvalue weighted by Crippen LogP contribution is 2.08. The second-order valence-corrected chi connectivity index (χ2v) is 4.33. The molecule has 1 fully saturated rings. The molecule has 1 amide bonds. The van der Waals surface area contributed by atoms with Gasteiger partial charge in [-0.2, -0.15) is 0 Å². The van der Waals surface area contributed by atoms with Crippen molar-refractivity contribution in [3.63, 3.8) is 0 Å².